The lowest BCUT2D eigenvalue weighted by Gasteiger charge is -2.33. The predicted molar refractivity (Wildman–Crippen MR) is 82.9 cm³/mol. The van der Waals surface area contributed by atoms with Crippen LogP contribution in [0.3, 0.4) is 0 Å². The average molecular weight is 357 g/mol. The highest BCUT2D eigenvalue weighted by atomic mass is 19.4. The number of nitrogens with zero attached hydrogens (tertiary/aromatic N) is 2. The van der Waals surface area contributed by atoms with Gasteiger partial charge >= 0.3 is 6.18 Å². The molecule has 1 N–H and O–H groups in total. The Morgan fingerprint density at radius 3 is 3.04 bits per heavy atom. The summed E-state index contributed by atoms with van der Waals surface area (Å²) in [6.45, 7) is 1.21. The van der Waals surface area contributed by atoms with Crippen LogP contribution in [0.25, 0.3) is 11.0 Å². The van der Waals surface area contributed by atoms with Gasteiger partial charge in [-0.25, -0.2) is 4.98 Å². The van der Waals surface area contributed by atoms with Crippen LogP contribution < -0.4 is 0 Å². The van der Waals surface area contributed by atoms with Crippen LogP contribution in [0.5, 0.6) is 0 Å². The molecule has 0 spiro atoms. The number of benzene rings is 1. The average Bonchev–Trinajstić information content (AvgIpc) is 2.96. The number of hydrogen-bond acceptors (Lipinski definition) is 4. The zero-order chi connectivity index (χ0) is 18.0. The minimum absolute atomic E-state index is 0.0759. The third-order valence-corrected chi connectivity index (χ3v) is 3.93. The molecule has 1 unspecified atom stereocenters. The number of imidazole rings is 1. The number of hydrogen-bond donors (Lipinski definition) is 1. The number of carbonyl (C=O) groups excluding carboxylic acids is 1. The molecule has 25 heavy (non-hydrogen) atoms. The van der Waals surface area contributed by atoms with E-state index in [-0.39, 0.29) is 26.4 Å². The first kappa shape index (κ1) is 17.7. The van der Waals surface area contributed by atoms with Gasteiger partial charge in [-0.2, -0.15) is 13.2 Å². The molecule has 0 radical (unpaired) electrons. The zero-order valence-electron chi connectivity index (χ0n) is 13.6. The van der Waals surface area contributed by atoms with Crippen molar-refractivity contribution in [1.82, 2.24) is 14.9 Å². The lowest BCUT2D eigenvalue weighted by atomic mass is 10.2. The molecule has 1 amide bonds. The second-order valence-corrected chi connectivity index (χ2v) is 5.94. The number of alkyl halides is 3. The quantitative estimate of drug-likeness (QED) is 0.911. The van der Waals surface area contributed by atoms with Crippen molar-refractivity contribution >= 4 is 16.9 Å². The topological polar surface area (TPSA) is 67.4 Å². The first-order chi connectivity index (χ1) is 11.8. The molecule has 1 fully saturated rings. The van der Waals surface area contributed by atoms with Crippen LogP contribution in [0.1, 0.15) is 11.4 Å². The number of rotatable bonds is 4. The molecule has 0 saturated carbocycles. The summed E-state index contributed by atoms with van der Waals surface area (Å²) in [5.74, 6) is 0.0630. The van der Waals surface area contributed by atoms with Crippen molar-refractivity contribution in [3.8, 4) is 0 Å². The van der Waals surface area contributed by atoms with Crippen molar-refractivity contribution < 1.29 is 27.4 Å². The van der Waals surface area contributed by atoms with Crippen LogP contribution in [0, 0.1) is 6.92 Å². The largest absolute Gasteiger partial charge is 0.416 e. The molecule has 1 aromatic heterocycles. The van der Waals surface area contributed by atoms with Gasteiger partial charge in [0, 0.05) is 6.54 Å². The number of H-pyrrole nitrogens is 1. The summed E-state index contributed by atoms with van der Waals surface area (Å²) < 4.78 is 48.0. The Labute approximate surface area is 141 Å². The van der Waals surface area contributed by atoms with Crippen molar-refractivity contribution in [1.29, 1.82) is 0 Å². The molecule has 1 aliphatic rings. The third-order valence-electron chi connectivity index (χ3n) is 3.93. The van der Waals surface area contributed by atoms with E-state index < -0.39 is 24.7 Å². The van der Waals surface area contributed by atoms with E-state index in [0.29, 0.717) is 5.82 Å². The maximum absolute atomic E-state index is 12.7. The number of ether oxygens (including phenoxy) is 2. The molecule has 9 heteroatoms. The maximum atomic E-state index is 12.7. The van der Waals surface area contributed by atoms with E-state index in [1.165, 1.54) is 0 Å². The van der Waals surface area contributed by atoms with E-state index in [1.807, 2.05) is 25.1 Å². The normalized spacial score (nSPS) is 18.7. The molecule has 0 aliphatic carbocycles. The van der Waals surface area contributed by atoms with Gasteiger partial charge in [0.05, 0.1) is 24.2 Å². The third kappa shape index (κ3) is 4.29. The molecule has 1 atom stereocenters. The Bertz CT molecular complexity index is 760. The molecular formula is C16H18F3N3O3. The Kier molecular flexibility index (Phi) is 4.96. The Morgan fingerprint density at radius 2 is 2.28 bits per heavy atom. The number of aryl methyl sites for hydroxylation is 1. The number of aromatic nitrogens is 2. The Morgan fingerprint density at radius 1 is 1.48 bits per heavy atom. The summed E-state index contributed by atoms with van der Waals surface area (Å²) in [6.07, 6.45) is -6.42. The minimum atomic E-state index is -4.48. The zero-order valence-corrected chi connectivity index (χ0v) is 13.6. The second kappa shape index (κ2) is 7.01. The Hall–Kier alpha value is -2.13. The van der Waals surface area contributed by atoms with Crippen molar-refractivity contribution in [3.05, 3.63) is 29.6 Å². The van der Waals surface area contributed by atoms with Crippen molar-refractivity contribution in [2.45, 2.75) is 25.8 Å². The van der Waals surface area contributed by atoms with Gasteiger partial charge in [-0.15, -0.1) is 0 Å². The standard InChI is InChI=1S/C16H18F3N3O3/c1-10-2-3-11-12(6-10)21-14(20-11)8-24-9-15(23)22-4-5-25-13(7-22)16(17,18)19/h2-3,6,13H,4-5,7-9H2,1H3,(H,20,21). The summed E-state index contributed by atoms with van der Waals surface area (Å²) in [5, 5.41) is 0. The molecular weight excluding hydrogens is 339 g/mol. The van der Waals surface area contributed by atoms with Gasteiger partial charge < -0.3 is 19.4 Å². The predicted octanol–water partition coefficient (Wildman–Crippen LogP) is 2.18. The lowest BCUT2D eigenvalue weighted by molar-refractivity contribution is -0.236. The molecule has 1 aromatic carbocycles. The van der Waals surface area contributed by atoms with E-state index in [2.05, 4.69) is 14.7 Å². The summed E-state index contributed by atoms with van der Waals surface area (Å²) in [4.78, 5) is 20.6. The van der Waals surface area contributed by atoms with Crippen LogP contribution >= 0.6 is 0 Å². The van der Waals surface area contributed by atoms with Crippen LogP contribution in [-0.2, 0) is 20.9 Å². The van der Waals surface area contributed by atoms with Crippen LogP contribution in [0.4, 0.5) is 13.2 Å². The first-order valence-electron chi connectivity index (χ1n) is 7.82. The van der Waals surface area contributed by atoms with E-state index in [4.69, 9.17) is 4.74 Å². The number of fused-ring (bicyclic) bond motifs is 1. The fourth-order valence-electron chi connectivity index (χ4n) is 2.64. The van der Waals surface area contributed by atoms with E-state index >= 15 is 0 Å². The highest BCUT2D eigenvalue weighted by Gasteiger charge is 2.44. The first-order valence-corrected chi connectivity index (χ1v) is 7.82. The summed E-state index contributed by atoms with van der Waals surface area (Å²) in [5.41, 5.74) is 2.74. The Balaban J connectivity index is 1.51. The van der Waals surface area contributed by atoms with Crippen LogP contribution in [-0.4, -0.2) is 59.4 Å². The van der Waals surface area contributed by atoms with Crippen LogP contribution in [0.15, 0.2) is 18.2 Å². The van der Waals surface area contributed by atoms with Gasteiger partial charge in [-0.05, 0) is 24.6 Å². The molecule has 6 nitrogen and oxygen atoms in total. The minimum Gasteiger partial charge on any atom is -0.365 e. The number of halogens is 3. The molecule has 0 bridgehead atoms. The summed E-state index contributed by atoms with van der Waals surface area (Å²) >= 11 is 0. The molecule has 2 aromatic rings. The number of amides is 1. The SMILES string of the molecule is Cc1ccc2nc(COCC(=O)N3CCOC(C(F)(F)F)C3)[nH]c2c1. The molecule has 1 saturated heterocycles. The van der Waals surface area contributed by atoms with E-state index in [1.54, 1.807) is 0 Å². The van der Waals surface area contributed by atoms with Gasteiger partial charge in [-0.3, -0.25) is 4.79 Å². The smallest absolute Gasteiger partial charge is 0.365 e. The molecule has 136 valence electrons. The molecule has 2 heterocycles. The van der Waals surface area contributed by atoms with Gasteiger partial charge in [-0.1, -0.05) is 6.07 Å². The van der Waals surface area contributed by atoms with Gasteiger partial charge in [0.15, 0.2) is 6.10 Å². The van der Waals surface area contributed by atoms with Crippen molar-refractivity contribution in [2.75, 3.05) is 26.3 Å². The van der Waals surface area contributed by atoms with Gasteiger partial charge in [0.2, 0.25) is 5.91 Å². The highest BCUT2D eigenvalue weighted by Crippen LogP contribution is 2.25. The number of nitrogens with one attached hydrogen (secondary N) is 1. The van der Waals surface area contributed by atoms with E-state index in [0.717, 1.165) is 21.5 Å². The lowest BCUT2D eigenvalue weighted by Crippen LogP contribution is -2.51. The maximum Gasteiger partial charge on any atom is 0.416 e. The molecule has 1 aliphatic heterocycles. The van der Waals surface area contributed by atoms with Crippen molar-refractivity contribution in [3.63, 3.8) is 0 Å². The van der Waals surface area contributed by atoms with Crippen molar-refractivity contribution in [2.24, 2.45) is 0 Å². The van der Waals surface area contributed by atoms with Crippen LogP contribution in [0.2, 0.25) is 0 Å². The summed E-state index contributed by atoms with van der Waals surface area (Å²) in [6, 6.07) is 5.76. The van der Waals surface area contributed by atoms with Gasteiger partial charge in [0.25, 0.3) is 0 Å². The number of carbonyl (C=O) groups is 1. The van der Waals surface area contributed by atoms with Gasteiger partial charge in [0.1, 0.15) is 19.0 Å². The highest BCUT2D eigenvalue weighted by molar-refractivity contribution is 5.77. The fourth-order valence-corrected chi connectivity index (χ4v) is 2.64. The summed E-state index contributed by atoms with van der Waals surface area (Å²) in [7, 11) is 0. The monoisotopic (exact) mass is 357 g/mol. The fraction of sp³-hybridized carbons (Fsp3) is 0.500. The number of morpholine rings is 1. The van der Waals surface area contributed by atoms with E-state index in [9.17, 15) is 18.0 Å². The number of aromatic amines is 1. The second-order valence-electron chi connectivity index (χ2n) is 5.94. The molecule has 3 rings (SSSR count).